The zero-order chi connectivity index (χ0) is 17.2. The molecule has 0 aromatic carbocycles. The normalized spacial score (nSPS) is 32.2. The van der Waals surface area contributed by atoms with Crippen molar-refractivity contribution in [1.82, 2.24) is 0 Å². The van der Waals surface area contributed by atoms with Gasteiger partial charge in [0, 0.05) is 0 Å². The van der Waals surface area contributed by atoms with E-state index in [0.29, 0.717) is 5.41 Å². The minimum atomic E-state index is 0.611. The van der Waals surface area contributed by atoms with Crippen LogP contribution in [0.1, 0.15) is 113 Å². The van der Waals surface area contributed by atoms with E-state index in [9.17, 15) is 0 Å². The van der Waals surface area contributed by atoms with Crippen LogP contribution in [0.25, 0.3) is 0 Å². The summed E-state index contributed by atoms with van der Waals surface area (Å²) < 4.78 is 0. The van der Waals surface area contributed by atoms with Crippen molar-refractivity contribution in [2.75, 3.05) is 0 Å². The maximum atomic E-state index is 2.58. The van der Waals surface area contributed by atoms with Gasteiger partial charge in [0.05, 0.1) is 0 Å². The molecule has 0 heteroatoms. The quantitative estimate of drug-likeness (QED) is 0.483. The first-order valence-electron chi connectivity index (χ1n) is 10.4. The molecule has 0 saturated heterocycles. The molecule has 22 heavy (non-hydrogen) atoms. The van der Waals surface area contributed by atoms with Crippen LogP contribution in [0.3, 0.4) is 0 Å². The van der Waals surface area contributed by atoms with E-state index < -0.39 is 0 Å². The van der Waals surface area contributed by atoms with Gasteiger partial charge in [0.1, 0.15) is 0 Å². The van der Waals surface area contributed by atoms with Gasteiger partial charge in [-0.05, 0) is 54.8 Å². The molecule has 0 aliphatic heterocycles. The summed E-state index contributed by atoms with van der Waals surface area (Å²) in [5, 5.41) is 0. The summed E-state index contributed by atoms with van der Waals surface area (Å²) in [6.07, 6.45) is 13.2. The van der Waals surface area contributed by atoms with Crippen molar-refractivity contribution in [1.29, 1.82) is 0 Å². The lowest BCUT2D eigenvalue weighted by molar-refractivity contribution is 0.0421. The van der Waals surface area contributed by atoms with Gasteiger partial charge in [-0.2, -0.15) is 0 Å². The summed E-state index contributed by atoms with van der Waals surface area (Å²) in [5.74, 6) is 4.01. The SMILES string of the molecule is CC.CC1CCC(C(C)(C)C2CCC(C)CC2)CC1.CCC. The fourth-order valence-corrected chi connectivity index (χ4v) is 4.34. The van der Waals surface area contributed by atoms with Gasteiger partial charge in [-0.1, -0.05) is 87.5 Å². The molecule has 2 fully saturated rings. The van der Waals surface area contributed by atoms with E-state index in [2.05, 4.69) is 41.5 Å². The fraction of sp³-hybridized carbons (Fsp3) is 1.00. The Kier molecular flexibility index (Phi) is 11.5. The van der Waals surface area contributed by atoms with Crippen LogP contribution in [0.2, 0.25) is 0 Å². The summed E-state index contributed by atoms with van der Waals surface area (Å²) in [6, 6.07) is 0. The van der Waals surface area contributed by atoms with E-state index in [1.54, 1.807) is 0 Å². The third-order valence-corrected chi connectivity index (χ3v) is 6.14. The molecule has 0 aromatic rings. The summed E-state index contributed by atoms with van der Waals surface area (Å²) in [4.78, 5) is 0. The molecule has 2 aliphatic carbocycles. The largest absolute Gasteiger partial charge is 0.0683 e. The molecule has 0 radical (unpaired) electrons. The molecule has 134 valence electrons. The second kappa shape index (κ2) is 11.5. The molecule has 0 aromatic heterocycles. The molecule has 0 atom stereocenters. The van der Waals surface area contributed by atoms with Gasteiger partial charge in [-0.15, -0.1) is 0 Å². The lowest BCUT2D eigenvalue weighted by Crippen LogP contribution is -2.36. The maximum Gasteiger partial charge on any atom is -0.0298 e. The zero-order valence-electron chi connectivity index (χ0n) is 17.2. The molecule has 0 bridgehead atoms. The molecular formula is C22H46. The van der Waals surface area contributed by atoms with Crippen LogP contribution in [-0.2, 0) is 0 Å². The summed E-state index contributed by atoms with van der Waals surface area (Å²) in [6.45, 7) is 18.3. The van der Waals surface area contributed by atoms with Crippen LogP contribution >= 0.6 is 0 Å². The van der Waals surface area contributed by atoms with Crippen LogP contribution in [0.4, 0.5) is 0 Å². The van der Waals surface area contributed by atoms with Crippen molar-refractivity contribution in [3.05, 3.63) is 0 Å². The first-order chi connectivity index (χ1) is 10.4. The van der Waals surface area contributed by atoms with E-state index >= 15 is 0 Å². The average Bonchev–Trinajstić information content (AvgIpc) is 2.51. The third-order valence-electron chi connectivity index (χ3n) is 6.14. The van der Waals surface area contributed by atoms with E-state index in [1.807, 2.05) is 13.8 Å². The van der Waals surface area contributed by atoms with Crippen molar-refractivity contribution in [2.45, 2.75) is 113 Å². The molecule has 0 unspecified atom stereocenters. The molecule has 2 rings (SSSR count). The highest BCUT2D eigenvalue weighted by Gasteiger charge is 2.39. The van der Waals surface area contributed by atoms with Gasteiger partial charge in [-0.25, -0.2) is 0 Å². The predicted octanol–water partition coefficient (Wildman–Crippen LogP) is 8.11. The molecule has 0 heterocycles. The Balaban J connectivity index is 0.000000789. The van der Waals surface area contributed by atoms with Crippen molar-refractivity contribution >= 4 is 0 Å². The highest BCUT2D eigenvalue weighted by atomic mass is 14.4. The van der Waals surface area contributed by atoms with Gasteiger partial charge < -0.3 is 0 Å². The Morgan fingerprint density at radius 2 is 0.864 bits per heavy atom. The van der Waals surface area contributed by atoms with Crippen molar-refractivity contribution < 1.29 is 0 Å². The van der Waals surface area contributed by atoms with Crippen LogP contribution in [0.15, 0.2) is 0 Å². The Morgan fingerprint density at radius 3 is 1.09 bits per heavy atom. The lowest BCUT2D eigenvalue weighted by atomic mass is 9.59. The minimum absolute atomic E-state index is 0.611. The van der Waals surface area contributed by atoms with E-state index in [0.717, 1.165) is 23.7 Å². The third kappa shape index (κ3) is 7.05. The Bertz CT molecular complexity index is 213. The lowest BCUT2D eigenvalue weighted by Gasteiger charge is -2.46. The van der Waals surface area contributed by atoms with Gasteiger partial charge in [0.25, 0.3) is 0 Å². The summed E-state index contributed by atoms with van der Waals surface area (Å²) >= 11 is 0. The number of hydrogen-bond acceptors (Lipinski definition) is 0. The van der Waals surface area contributed by atoms with Crippen molar-refractivity contribution in [3.63, 3.8) is 0 Å². The first-order valence-corrected chi connectivity index (χ1v) is 10.4. The topological polar surface area (TPSA) is 0 Å². The standard InChI is InChI=1S/C17H32.C3H8.C2H6/c1-13-5-9-15(10-6-13)17(3,4)16-11-7-14(2)8-12-16;1-3-2;1-2/h13-16H,5-12H2,1-4H3;3H2,1-2H3;1-2H3. The van der Waals surface area contributed by atoms with Crippen LogP contribution in [-0.4, -0.2) is 0 Å². The molecule has 2 saturated carbocycles. The van der Waals surface area contributed by atoms with Crippen molar-refractivity contribution in [3.8, 4) is 0 Å². The summed E-state index contributed by atoms with van der Waals surface area (Å²) in [7, 11) is 0. The minimum Gasteiger partial charge on any atom is -0.0683 e. The highest BCUT2D eigenvalue weighted by molar-refractivity contribution is 4.89. The van der Waals surface area contributed by atoms with E-state index in [-0.39, 0.29) is 0 Å². The Morgan fingerprint density at radius 1 is 0.636 bits per heavy atom. The van der Waals surface area contributed by atoms with Gasteiger partial charge in [0.2, 0.25) is 0 Å². The Hall–Kier alpha value is 0. The van der Waals surface area contributed by atoms with E-state index in [4.69, 9.17) is 0 Å². The highest BCUT2D eigenvalue weighted by Crippen LogP contribution is 2.49. The van der Waals surface area contributed by atoms with Gasteiger partial charge in [-0.3, -0.25) is 0 Å². The van der Waals surface area contributed by atoms with Crippen LogP contribution < -0.4 is 0 Å². The second-order valence-corrected chi connectivity index (χ2v) is 8.44. The number of hydrogen-bond donors (Lipinski definition) is 0. The van der Waals surface area contributed by atoms with Gasteiger partial charge in [0.15, 0.2) is 0 Å². The number of rotatable bonds is 2. The maximum absolute atomic E-state index is 2.58. The zero-order valence-corrected chi connectivity index (χ0v) is 17.2. The summed E-state index contributed by atoms with van der Waals surface area (Å²) in [5.41, 5.74) is 0.611. The van der Waals surface area contributed by atoms with E-state index in [1.165, 1.54) is 57.8 Å². The molecule has 0 nitrogen and oxygen atoms in total. The molecule has 2 aliphatic rings. The molecular weight excluding hydrogens is 264 g/mol. The van der Waals surface area contributed by atoms with Crippen LogP contribution in [0.5, 0.6) is 0 Å². The predicted molar refractivity (Wildman–Crippen MR) is 103 cm³/mol. The fourth-order valence-electron chi connectivity index (χ4n) is 4.34. The average molecular weight is 311 g/mol. The Labute approximate surface area is 142 Å². The van der Waals surface area contributed by atoms with Crippen molar-refractivity contribution in [2.24, 2.45) is 29.1 Å². The first kappa shape index (κ1) is 22.0. The second-order valence-electron chi connectivity index (χ2n) is 8.44. The monoisotopic (exact) mass is 310 g/mol. The smallest absolute Gasteiger partial charge is 0.0298 e. The molecule has 0 N–H and O–H groups in total. The van der Waals surface area contributed by atoms with Gasteiger partial charge >= 0.3 is 0 Å². The van der Waals surface area contributed by atoms with Crippen LogP contribution in [0, 0.1) is 29.1 Å². The molecule has 0 amide bonds. The molecule has 0 spiro atoms.